The predicted octanol–water partition coefficient (Wildman–Crippen LogP) is 0.847. The standard InChI is InChI=1S/C9H16N4/c1-9(4-3-5-9)10-6-8-12-11-7-13(8)2/h7,10H,3-6H2,1-2H3. The third-order valence-corrected chi connectivity index (χ3v) is 2.94. The van der Waals surface area contributed by atoms with E-state index in [1.807, 2.05) is 11.6 Å². The lowest BCUT2D eigenvalue weighted by Crippen LogP contribution is -2.47. The zero-order chi connectivity index (χ0) is 9.31. The van der Waals surface area contributed by atoms with Gasteiger partial charge in [0.15, 0.2) is 0 Å². The van der Waals surface area contributed by atoms with Gasteiger partial charge in [-0.15, -0.1) is 10.2 Å². The summed E-state index contributed by atoms with van der Waals surface area (Å²) in [6, 6.07) is 0. The molecule has 72 valence electrons. The van der Waals surface area contributed by atoms with Crippen LogP contribution in [-0.2, 0) is 13.6 Å². The Kier molecular flexibility index (Phi) is 2.07. The second kappa shape index (κ2) is 3.10. The molecule has 1 N–H and O–H groups in total. The van der Waals surface area contributed by atoms with Crippen LogP contribution in [0, 0.1) is 0 Å². The first-order valence-electron chi connectivity index (χ1n) is 4.78. The van der Waals surface area contributed by atoms with Crippen molar-refractivity contribution in [2.75, 3.05) is 0 Å². The van der Waals surface area contributed by atoms with Crippen molar-refractivity contribution in [3.05, 3.63) is 12.2 Å². The van der Waals surface area contributed by atoms with Crippen LogP contribution in [0.15, 0.2) is 6.33 Å². The van der Waals surface area contributed by atoms with Gasteiger partial charge in [0, 0.05) is 12.6 Å². The number of aryl methyl sites for hydroxylation is 1. The molecule has 1 heterocycles. The summed E-state index contributed by atoms with van der Waals surface area (Å²) in [5, 5.41) is 11.4. The van der Waals surface area contributed by atoms with Gasteiger partial charge in [-0.05, 0) is 26.2 Å². The molecule has 0 radical (unpaired) electrons. The first-order valence-corrected chi connectivity index (χ1v) is 4.78. The summed E-state index contributed by atoms with van der Waals surface area (Å²) in [7, 11) is 1.97. The van der Waals surface area contributed by atoms with Crippen LogP contribution < -0.4 is 5.32 Å². The summed E-state index contributed by atoms with van der Waals surface area (Å²) in [4.78, 5) is 0. The van der Waals surface area contributed by atoms with Gasteiger partial charge in [0.2, 0.25) is 0 Å². The van der Waals surface area contributed by atoms with Crippen LogP contribution >= 0.6 is 0 Å². The van der Waals surface area contributed by atoms with Gasteiger partial charge in [0.25, 0.3) is 0 Å². The van der Waals surface area contributed by atoms with Crippen molar-refractivity contribution in [2.45, 2.75) is 38.3 Å². The molecule has 0 unspecified atom stereocenters. The molecule has 1 aromatic heterocycles. The molecule has 1 saturated carbocycles. The molecular weight excluding hydrogens is 164 g/mol. The van der Waals surface area contributed by atoms with Crippen LogP contribution in [0.4, 0.5) is 0 Å². The number of rotatable bonds is 3. The fourth-order valence-electron chi connectivity index (χ4n) is 1.64. The fourth-order valence-corrected chi connectivity index (χ4v) is 1.64. The maximum atomic E-state index is 4.03. The van der Waals surface area contributed by atoms with Crippen LogP contribution in [0.2, 0.25) is 0 Å². The zero-order valence-electron chi connectivity index (χ0n) is 8.25. The first kappa shape index (κ1) is 8.69. The van der Waals surface area contributed by atoms with Gasteiger partial charge in [-0.2, -0.15) is 0 Å². The maximum absolute atomic E-state index is 4.03. The molecule has 0 bridgehead atoms. The van der Waals surface area contributed by atoms with Crippen LogP contribution in [0.25, 0.3) is 0 Å². The van der Waals surface area contributed by atoms with Gasteiger partial charge in [-0.25, -0.2) is 0 Å². The smallest absolute Gasteiger partial charge is 0.146 e. The molecule has 0 aliphatic heterocycles. The molecule has 1 aliphatic carbocycles. The molecule has 2 rings (SSSR count). The minimum atomic E-state index is 0.353. The molecule has 0 amide bonds. The topological polar surface area (TPSA) is 42.7 Å². The van der Waals surface area contributed by atoms with E-state index in [0.717, 1.165) is 12.4 Å². The van der Waals surface area contributed by atoms with E-state index in [4.69, 9.17) is 0 Å². The number of aromatic nitrogens is 3. The number of hydrogen-bond donors (Lipinski definition) is 1. The average molecular weight is 180 g/mol. The average Bonchev–Trinajstić information content (AvgIpc) is 2.44. The lowest BCUT2D eigenvalue weighted by atomic mass is 9.78. The minimum Gasteiger partial charge on any atom is -0.320 e. The van der Waals surface area contributed by atoms with Crippen molar-refractivity contribution in [1.29, 1.82) is 0 Å². The summed E-state index contributed by atoms with van der Waals surface area (Å²) >= 11 is 0. The normalized spacial score (nSPS) is 19.8. The molecule has 0 atom stereocenters. The Bertz CT molecular complexity index is 288. The van der Waals surface area contributed by atoms with E-state index in [9.17, 15) is 0 Å². The molecule has 0 saturated heterocycles. The highest BCUT2D eigenvalue weighted by molar-refractivity contribution is 4.94. The van der Waals surface area contributed by atoms with Crippen LogP contribution in [0.5, 0.6) is 0 Å². The maximum Gasteiger partial charge on any atom is 0.146 e. The lowest BCUT2D eigenvalue weighted by molar-refractivity contribution is 0.204. The van der Waals surface area contributed by atoms with E-state index in [2.05, 4.69) is 22.4 Å². The monoisotopic (exact) mass is 180 g/mol. The van der Waals surface area contributed by atoms with Gasteiger partial charge >= 0.3 is 0 Å². The van der Waals surface area contributed by atoms with Gasteiger partial charge in [-0.3, -0.25) is 0 Å². The molecule has 1 aliphatic rings. The van der Waals surface area contributed by atoms with Gasteiger partial charge in [0.05, 0.1) is 6.54 Å². The Balaban J connectivity index is 1.89. The molecule has 0 spiro atoms. The van der Waals surface area contributed by atoms with Crippen molar-refractivity contribution < 1.29 is 0 Å². The Labute approximate surface area is 78.4 Å². The van der Waals surface area contributed by atoms with Crippen LogP contribution in [0.1, 0.15) is 32.0 Å². The summed E-state index contributed by atoms with van der Waals surface area (Å²) in [5.74, 6) is 1.01. The third-order valence-electron chi connectivity index (χ3n) is 2.94. The third kappa shape index (κ3) is 1.72. The Hall–Kier alpha value is -0.900. The van der Waals surface area contributed by atoms with Crippen molar-refractivity contribution in [1.82, 2.24) is 20.1 Å². The Morgan fingerprint density at radius 3 is 2.85 bits per heavy atom. The second-order valence-corrected chi connectivity index (χ2v) is 4.13. The number of nitrogens with one attached hydrogen (secondary N) is 1. The van der Waals surface area contributed by atoms with Gasteiger partial charge in [0.1, 0.15) is 12.2 Å². The highest BCUT2D eigenvalue weighted by Gasteiger charge is 2.30. The van der Waals surface area contributed by atoms with Crippen molar-refractivity contribution >= 4 is 0 Å². The van der Waals surface area contributed by atoms with Gasteiger partial charge < -0.3 is 9.88 Å². The zero-order valence-corrected chi connectivity index (χ0v) is 8.25. The van der Waals surface area contributed by atoms with Crippen molar-refractivity contribution in [2.24, 2.45) is 7.05 Å². The van der Waals surface area contributed by atoms with Crippen LogP contribution in [0.3, 0.4) is 0 Å². The molecule has 1 fully saturated rings. The molecule has 1 aromatic rings. The fraction of sp³-hybridized carbons (Fsp3) is 0.778. The largest absolute Gasteiger partial charge is 0.320 e. The number of nitrogens with zero attached hydrogens (tertiary/aromatic N) is 3. The van der Waals surface area contributed by atoms with Crippen LogP contribution in [-0.4, -0.2) is 20.3 Å². The summed E-state index contributed by atoms with van der Waals surface area (Å²) < 4.78 is 1.95. The molecule has 13 heavy (non-hydrogen) atoms. The molecule has 0 aromatic carbocycles. The molecular formula is C9H16N4. The van der Waals surface area contributed by atoms with E-state index in [1.54, 1.807) is 6.33 Å². The summed E-state index contributed by atoms with van der Waals surface area (Å²) in [5.41, 5.74) is 0.353. The highest BCUT2D eigenvalue weighted by atomic mass is 15.3. The quantitative estimate of drug-likeness (QED) is 0.749. The van der Waals surface area contributed by atoms with Crippen molar-refractivity contribution in [3.8, 4) is 0 Å². The predicted molar refractivity (Wildman–Crippen MR) is 50.1 cm³/mol. The highest BCUT2D eigenvalue weighted by Crippen LogP contribution is 2.30. The first-order chi connectivity index (χ1) is 6.20. The van der Waals surface area contributed by atoms with E-state index in [-0.39, 0.29) is 0 Å². The van der Waals surface area contributed by atoms with Gasteiger partial charge in [-0.1, -0.05) is 0 Å². The lowest BCUT2D eigenvalue weighted by Gasteiger charge is -2.39. The Morgan fingerprint density at radius 1 is 1.62 bits per heavy atom. The second-order valence-electron chi connectivity index (χ2n) is 4.13. The number of hydrogen-bond acceptors (Lipinski definition) is 3. The van der Waals surface area contributed by atoms with E-state index in [0.29, 0.717) is 5.54 Å². The minimum absolute atomic E-state index is 0.353. The van der Waals surface area contributed by atoms with Crippen molar-refractivity contribution in [3.63, 3.8) is 0 Å². The SMILES string of the molecule is Cn1cnnc1CNC1(C)CCC1. The summed E-state index contributed by atoms with van der Waals surface area (Å²) in [6.45, 7) is 3.10. The van der Waals surface area contributed by atoms with E-state index < -0.39 is 0 Å². The molecule has 4 nitrogen and oxygen atoms in total. The van der Waals surface area contributed by atoms with E-state index in [1.165, 1.54) is 19.3 Å². The Morgan fingerprint density at radius 2 is 2.38 bits per heavy atom. The summed E-state index contributed by atoms with van der Waals surface area (Å²) in [6.07, 6.45) is 5.65. The molecule has 4 heteroatoms. The van der Waals surface area contributed by atoms with E-state index >= 15 is 0 Å².